The molecule has 0 bridgehead atoms. The zero-order valence-electron chi connectivity index (χ0n) is 16.9. The maximum atomic E-state index is 12.7. The van der Waals surface area contributed by atoms with Gasteiger partial charge in [-0.1, -0.05) is 30.3 Å². The predicted octanol–water partition coefficient (Wildman–Crippen LogP) is 3.07. The van der Waals surface area contributed by atoms with Gasteiger partial charge in [0.15, 0.2) is 0 Å². The number of hydrogen-bond donors (Lipinski definition) is 0. The number of amides is 1. The molecule has 28 heavy (non-hydrogen) atoms. The van der Waals surface area contributed by atoms with Crippen molar-refractivity contribution in [2.24, 2.45) is 11.8 Å². The van der Waals surface area contributed by atoms with Crippen LogP contribution in [0.15, 0.2) is 41.9 Å². The van der Waals surface area contributed by atoms with E-state index in [4.69, 9.17) is 9.47 Å². The van der Waals surface area contributed by atoms with E-state index in [1.54, 1.807) is 0 Å². The quantitative estimate of drug-likeness (QED) is 0.782. The lowest BCUT2D eigenvalue weighted by Gasteiger charge is -2.35. The van der Waals surface area contributed by atoms with Crippen LogP contribution in [0.3, 0.4) is 0 Å². The second-order valence-corrected chi connectivity index (χ2v) is 8.30. The third-order valence-corrected chi connectivity index (χ3v) is 6.52. The number of ether oxygens (including phenoxy) is 2. The van der Waals surface area contributed by atoms with Crippen LogP contribution in [0.4, 0.5) is 0 Å². The summed E-state index contributed by atoms with van der Waals surface area (Å²) in [6.45, 7) is 8.09. The van der Waals surface area contributed by atoms with Crippen LogP contribution in [0.5, 0.6) is 0 Å². The van der Waals surface area contributed by atoms with Crippen molar-refractivity contribution in [1.82, 2.24) is 9.80 Å². The van der Waals surface area contributed by atoms with E-state index in [1.165, 1.54) is 25.1 Å². The molecule has 1 atom stereocenters. The highest BCUT2D eigenvalue weighted by Gasteiger charge is 2.34. The van der Waals surface area contributed by atoms with E-state index in [0.717, 1.165) is 50.7 Å². The Hall–Kier alpha value is -2.01. The Kier molecular flexibility index (Phi) is 6.20. The fraction of sp³-hybridized carbons (Fsp3) is 0.609. The molecule has 1 unspecified atom stereocenters. The highest BCUT2D eigenvalue weighted by molar-refractivity contribution is 5.92. The van der Waals surface area contributed by atoms with Crippen LogP contribution in [-0.2, 0) is 20.7 Å². The highest BCUT2D eigenvalue weighted by Crippen LogP contribution is 2.32. The zero-order chi connectivity index (χ0) is 19.3. The topological polar surface area (TPSA) is 42.0 Å². The molecule has 0 aliphatic carbocycles. The molecule has 3 heterocycles. The molecule has 4 rings (SSSR count). The van der Waals surface area contributed by atoms with Gasteiger partial charge in [-0.25, -0.2) is 0 Å². The summed E-state index contributed by atoms with van der Waals surface area (Å²) in [6.07, 6.45) is 4.65. The van der Waals surface area contributed by atoms with Crippen LogP contribution in [0, 0.1) is 11.8 Å². The third-order valence-electron chi connectivity index (χ3n) is 6.52. The maximum absolute atomic E-state index is 12.7. The zero-order valence-corrected chi connectivity index (χ0v) is 16.9. The Labute approximate surface area is 168 Å². The van der Waals surface area contributed by atoms with Crippen LogP contribution < -0.4 is 0 Å². The molecular formula is C23H32N2O3. The number of carbonyl (C=O) groups excluding carboxylic acids is 1. The molecule has 0 saturated carbocycles. The van der Waals surface area contributed by atoms with Crippen LogP contribution in [0.2, 0.25) is 0 Å². The van der Waals surface area contributed by atoms with Gasteiger partial charge in [0.25, 0.3) is 5.91 Å². The lowest BCUT2D eigenvalue weighted by atomic mass is 9.83. The van der Waals surface area contributed by atoms with Crippen LogP contribution in [0.1, 0.15) is 31.7 Å². The molecule has 1 aromatic rings. The lowest BCUT2D eigenvalue weighted by molar-refractivity contribution is -0.134. The number of rotatable bonds is 5. The van der Waals surface area contributed by atoms with Gasteiger partial charge in [0.1, 0.15) is 19.0 Å². The van der Waals surface area contributed by atoms with Gasteiger partial charge in [-0.15, -0.1) is 0 Å². The Morgan fingerprint density at radius 1 is 1.00 bits per heavy atom. The molecule has 1 amide bonds. The molecule has 5 nitrogen and oxygen atoms in total. The average molecular weight is 385 g/mol. The van der Waals surface area contributed by atoms with Crippen molar-refractivity contribution in [2.75, 3.05) is 45.9 Å². The van der Waals surface area contributed by atoms with Gasteiger partial charge in [-0.3, -0.25) is 4.79 Å². The number of allylic oxidation sites excluding steroid dienone is 1. The van der Waals surface area contributed by atoms with E-state index in [1.807, 2.05) is 11.8 Å². The van der Waals surface area contributed by atoms with Crippen molar-refractivity contribution >= 4 is 5.91 Å². The summed E-state index contributed by atoms with van der Waals surface area (Å²) in [5.41, 5.74) is 1.43. The number of carbonyl (C=O) groups is 1. The van der Waals surface area contributed by atoms with Gasteiger partial charge >= 0.3 is 0 Å². The van der Waals surface area contributed by atoms with Gasteiger partial charge in [0.05, 0.1) is 0 Å². The minimum Gasteiger partial charge on any atom is -0.491 e. The fourth-order valence-corrected chi connectivity index (χ4v) is 4.82. The van der Waals surface area contributed by atoms with Gasteiger partial charge in [-0.05, 0) is 56.6 Å². The minimum absolute atomic E-state index is 0.00607. The monoisotopic (exact) mass is 384 g/mol. The average Bonchev–Trinajstić information content (AvgIpc) is 3.22. The summed E-state index contributed by atoms with van der Waals surface area (Å²) in [7, 11) is 0. The van der Waals surface area contributed by atoms with Crippen molar-refractivity contribution in [3.63, 3.8) is 0 Å². The number of benzene rings is 1. The van der Waals surface area contributed by atoms with Crippen LogP contribution in [0.25, 0.3) is 0 Å². The molecule has 2 fully saturated rings. The standard InChI is InChI=1S/C23H32N2O3/c1-18-22(28-16-15-27-18)23(26)25-13-9-20(10-14-25)21-8-12-24(17-21)11-7-19-5-3-2-4-6-19/h2-6,20-21H,7-17H2,1H3. The summed E-state index contributed by atoms with van der Waals surface area (Å²) in [5.74, 6) is 2.57. The van der Waals surface area contributed by atoms with E-state index in [0.29, 0.717) is 24.7 Å². The van der Waals surface area contributed by atoms with Crippen molar-refractivity contribution < 1.29 is 14.3 Å². The Morgan fingerprint density at radius 2 is 1.71 bits per heavy atom. The van der Waals surface area contributed by atoms with Crippen molar-refractivity contribution in [3.8, 4) is 0 Å². The maximum Gasteiger partial charge on any atom is 0.292 e. The molecule has 3 aliphatic heterocycles. The molecule has 3 aliphatic rings. The summed E-state index contributed by atoms with van der Waals surface area (Å²) in [6, 6.07) is 10.8. The number of nitrogens with zero attached hydrogens (tertiary/aromatic N) is 2. The van der Waals surface area contributed by atoms with Crippen molar-refractivity contribution in [3.05, 3.63) is 47.4 Å². The Morgan fingerprint density at radius 3 is 2.46 bits per heavy atom. The van der Waals surface area contributed by atoms with Crippen LogP contribution >= 0.6 is 0 Å². The molecular weight excluding hydrogens is 352 g/mol. The first-order chi connectivity index (χ1) is 13.7. The summed E-state index contributed by atoms with van der Waals surface area (Å²) in [4.78, 5) is 17.3. The first-order valence-electron chi connectivity index (χ1n) is 10.7. The molecule has 2 saturated heterocycles. The number of hydrogen-bond acceptors (Lipinski definition) is 4. The Bertz CT molecular complexity index is 695. The summed E-state index contributed by atoms with van der Waals surface area (Å²) in [5, 5.41) is 0. The third kappa shape index (κ3) is 4.52. The van der Waals surface area contributed by atoms with Gasteiger partial charge in [-0.2, -0.15) is 0 Å². The molecule has 152 valence electrons. The first-order valence-corrected chi connectivity index (χ1v) is 10.7. The molecule has 0 aromatic heterocycles. The van der Waals surface area contributed by atoms with E-state index < -0.39 is 0 Å². The SMILES string of the molecule is CC1=C(C(=O)N2CCC(C3CCN(CCc4ccccc4)C3)CC2)OCCO1. The van der Waals surface area contributed by atoms with E-state index in [-0.39, 0.29) is 5.91 Å². The molecule has 0 N–H and O–H groups in total. The van der Waals surface area contributed by atoms with Gasteiger partial charge in [0, 0.05) is 26.2 Å². The van der Waals surface area contributed by atoms with Crippen molar-refractivity contribution in [1.29, 1.82) is 0 Å². The normalized spacial score (nSPS) is 24.2. The van der Waals surface area contributed by atoms with Crippen molar-refractivity contribution in [2.45, 2.75) is 32.6 Å². The van der Waals surface area contributed by atoms with Gasteiger partial charge < -0.3 is 19.3 Å². The summed E-state index contributed by atoms with van der Waals surface area (Å²) >= 11 is 0. The Balaban J connectivity index is 1.23. The number of piperidine rings is 1. The second-order valence-electron chi connectivity index (χ2n) is 8.30. The van der Waals surface area contributed by atoms with E-state index >= 15 is 0 Å². The minimum atomic E-state index is 0.00607. The highest BCUT2D eigenvalue weighted by atomic mass is 16.6. The number of likely N-dealkylation sites (tertiary alicyclic amines) is 2. The van der Waals surface area contributed by atoms with E-state index in [2.05, 4.69) is 35.2 Å². The molecule has 0 radical (unpaired) electrons. The lowest BCUT2D eigenvalue weighted by Crippen LogP contribution is -2.42. The van der Waals surface area contributed by atoms with Crippen LogP contribution in [-0.4, -0.2) is 61.6 Å². The predicted molar refractivity (Wildman–Crippen MR) is 109 cm³/mol. The van der Waals surface area contributed by atoms with E-state index in [9.17, 15) is 4.79 Å². The smallest absolute Gasteiger partial charge is 0.292 e. The largest absolute Gasteiger partial charge is 0.491 e. The molecule has 0 spiro atoms. The first kappa shape index (κ1) is 19.3. The molecule has 5 heteroatoms. The van der Waals surface area contributed by atoms with Gasteiger partial charge in [0.2, 0.25) is 5.76 Å². The second kappa shape index (κ2) is 8.99. The fourth-order valence-electron chi connectivity index (χ4n) is 4.82. The molecule has 1 aromatic carbocycles. The summed E-state index contributed by atoms with van der Waals surface area (Å²) < 4.78 is 11.0.